The molecule has 0 aromatic heterocycles. The van der Waals surface area contributed by atoms with Gasteiger partial charge in [-0.05, 0) is 30.7 Å². The monoisotopic (exact) mass is 344 g/mol. The molecule has 1 aliphatic heterocycles. The topological polar surface area (TPSA) is 77.5 Å². The van der Waals surface area contributed by atoms with Crippen molar-refractivity contribution < 1.29 is 34.2 Å². The van der Waals surface area contributed by atoms with Crippen LogP contribution < -0.4 is 0 Å². The summed E-state index contributed by atoms with van der Waals surface area (Å²) in [5, 5.41) is 0. The SMILES string of the molecule is O=S1(=O)CCC(OS(=O)(=O)c2ccc(C(F)(F)F)cc2)C1. The molecule has 1 unspecified atom stereocenters. The van der Waals surface area contributed by atoms with Gasteiger partial charge in [0.2, 0.25) is 0 Å². The second-order valence-electron chi connectivity index (χ2n) is 4.60. The van der Waals surface area contributed by atoms with Crippen LogP contribution >= 0.6 is 0 Å². The van der Waals surface area contributed by atoms with E-state index in [2.05, 4.69) is 0 Å². The van der Waals surface area contributed by atoms with Crippen LogP contribution in [0.2, 0.25) is 0 Å². The van der Waals surface area contributed by atoms with Crippen LogP contribution in [0, 0.1) is 0 Å². The molecule has 1 atom stereocenters. The largest absolute Gasteiger partial charge is 0.416 e. The Morgan fingerprint density at radius 3 is 2.14 bits per heavy atom. The lowest BCUT2D eigenvalue weighted by Crippen LogP contribution is -2.20. The summed E-state index contributed by atoms with van der Waals surface area (Å²) in [5.74, 6) is -0.576. The number of hydrogen-bond acceptors (Lipinski definition) is 5. The third-order valence-corrected chi connectivity index (χ3v) is 6.04. The highest BCUT2D eigenvalue weighted by molar-refractivity contribution is 7.91. The number of sulfone groups is 1. The normalized spacial score (nSPS) is 22.3. The van der Waals surface area contributed by atoms with Crippen molar-refractivity contribution in [2.24, 2.45) is 0 Å². The van der Waals surface area contributed by atoms with Crippen LogP contribution in [0.15, 0.2) is 29.2 Å². The molecule has 0 N–H and O–H groups in total. The Balaban J connectivity index is 2.17. The number of benzene rings is 1. The molecule has 0 amide bonds. The van der Waals surface area contributed by atoms with Gasteiger partial charge in [0.15, 0.2) is 9.84 Å². The number of halogens is 3. The van der Waals surface area contributed by atoms with E-state index in [0.717, 1.165) is 12.1 Å². The van der Waals surface area contributed by atoms with Crippen LogP contribution in [0.1, 0.15) is 12.0 Å². The lowest BCUT2D eigenvalue weighted by Gasteiger charge is -2.11. The Morgan fingerprint density at radius 1 is 1.14 bits per heavy atom. The molecule has 118 valence electrons. The van der Waals surface area contributed by atoms with E-state index in [4.69, 9.17) is 4.18 Å². The first-order chi connectivity index (χ1) is 9.50. The van der Waals surface area contributed by atoms with Crippen molar-refractivity contribution in [3.05, 3.63) is 29.8 Å². The van der Waals surface area contributed by atoms with Crippen LogP contribution in [-0.2, 0) is 30.3 Å². The van der Waals surface area contributed by atoms with E-state index in [1.165, 1.54) is 0 Å². The maximum absolute atomic E-state index is 12.4. The quantitative estimate of drug-likeness (QED) is 0.779. The van der Waals surface area contributed by atoms with E-state index < -0.39 is 48.4 Å². The molecule has 0 saturated carbocycles. The predicted molar refractivity (Wildman–Crippen MR) is 66.8 cm³/mol. The Bertz CT molecular complexity index is 720. The van der Waals surface area contributed by atoms with Gasteiger partial charge in [-0.3, -0.25) is 4.18 Å². The number of hydrogen-bond donors (Lipinski definition) is 0. The minimum atomic E-state index is -4.57. The predicted octanol–water partition coefficient (Wildman–Crippen LogP) is 1.60. The Morgan fingerprint density at radius 2 is 1.71 bits per heavy atom. The molecule has 0 bridgehead atoms. The minimum absolute atomic E-state index is 0.0438. The highest BCUT2D eigenvalue weighted by Crippen LogP contribution is 2.30. The average molecular weight is 344 g/mol. The summed E-state index contributed by atoms with van der Waals surface area (Å²) in [4.78, 5) is -0.445. The van der Waals surface area contributed by atoms with E-state index in [1.54, 1.807) is 0 Å². The van der Waals surface area contributed by atoms with Crippen molar-refractivity contribution in [2.45, 2.75) is 23.6 Å². The molecule has 10 heteroatoms. The van der Waals surface area contributed by atoms with Crippen molar-refractivity contribution in [1.29, 1.82) is 0 Å². The van der Waals surface area contributed by atoms with Gasteiger partial charge < -0.3 is 0 Å². The first-order valence-electron chi connectivity index (χ1n) is 5.81. The second kappa shape index (κ2) is 5.25. The number of alkyl halides is 3. The molecule has 1 aliphatic rings. The van der Waals surface area contributed by atoms with Crippen LogP contribution in [0.5, 0.6) is 0 Å². The Hall–Kier alpha value is -1.13. The summed E-state index contributed by atoms with van der Waals surface area (Å²) in [5.41, 5.74) is -0.982. The van der Waals surface area contributed by atoms with Crippen LogP contribution in [-0.4, -0.2) is 34.4 Å². The molecule has 1 saturated heterocycles. The summed E-state index contributed by atoms with van der Waals surface area (Å²) in [6, 6.07) is 2.81. The minimum Gasteiger partial charge on any atom is -0.262 e. The molecule has 1 aromatic rings. The first kappa shape index (κ1) is 16.2. The van der Waals surface area contributed by atoms with Gasteiger partial charge in [-0.25, -0.2) is 8.42 Å². The fourth-order valence-corrected chi connectivity index (χ4v) is 4.66. The first-order valence-corrected chi connectivity index (χ1v) is 9.03. The highest BCUT2D eigenvalue weighted by Gasteiger charge is 2.34. The molecule has 1 aromatic carbocycles. The zero-order valence-electron chi connectivity index (χ0n) is 10.5. The Labute approximate surface area is 119 Å². The lowest BCUT2D eigenvalue weighted by molar-refractivity contribution is -0.137. The third kappa shape index (κ3) is 3.95. The van der Waals surface area contributed by atoms with Gasteiger partial charge in [0.05, 0.1) is 28.1 Å². The van der Waals surface area contributed by atoms with Crippen molar-refractivity contribution in [2.75, 3.05) is 11.5 Å². The van der Waals surface area contributed by atoms with Gasteiger partial charge in [-0.15, -0.1) is 0 Å². The zero-order valence-corrected chi connectivity index (χ0v) is 12.1. The molecule has 1 fully saturated rings. The molecular weight excluding hydrogens is 333 g/mol. The second-order valence-corrected chi connectivity index (χ2v) is 8.40. The van der Waals surface area contributed by atoms with Gasteiger partial charge >= 0.3 is 6.18 Å². The molecule has 0 spiro atoms. The Kier molecular flexibility index (Phi) is 4.06. The van der Waals surface area contributed by atoms with E-state index in [9.17, 15) is 30.0 Å². The highest BCUT2D eigenvalue weighted by atomic mass is 32.2. The third-order valence-electron chi connectivity index (χ3n) is 2.92. The van der Waals surface area contributed by atoms with Gasteiger partial charge in [-0.2, -0.15) is 21.6 Å². The van der Waals surface area contributed by atoms with E-state index >= 15 is 0 Å². The fraction of sp³-hybridized carbons (Fsp3) is 0.455. The van der Waals surface area contributed by atoms with Crippen LogP contribution in [0.3, 0.4) is 0 Å². The molecule has 5 nitrogen and oxygen atoms in total. The summed E-state index contributed by atoms with van der Waals surface area (Å²) in [6.07, 6.45) is -5.52. The maximum atomic E-state index is 12.4. The van der Waals surface area contributed by atoms with Crippen LogP contribution in [0.4, 0.5) is 13.2 Å². The molecular formula is C11H11F3O5S2. The maximum Gasteiger partial charge on any atom is 0.416 e. The van der Waals surface area contributed by atoms with Crippen molar-refractivity contribution in [1.82, 2.24) is 0 Å². The van der Waals surface area contributed by atoms with Crippen LogP contribution in [0.25, 0.3) is 0 Å². The van der Waals surface area contributed by atoms with Gasteiger partial charge in [0, 0.05) is 0 Å². The summed E-state index contributed by atoms with van der Waals surface area (Å²) >= 11 is 0. The van der Waals surface area contributed by atoms with Gasteiger partial charge in [0.1, 0.15) is 0 Å². The molecule has 0 radical (unpaired) electrons. The standard InChI is InChI=1S/C11H11F3O5S2/c12-11(13,14)8-1-3-10(4-2-8)21(17,18)19-9-5-6-20(15,16)7-9/h1-4,9H,5-7H2. The zero-order chi connectivity index (χ0) is 15.9. The molecule has 21 heavy (non-hydrogen) atoms. The molecule has 2 rings (SSSR count). The molecule has 1 heterocycles. The van der Waals surface area contributed by atoms with Crippen molar-refractivity contribution in [3.63, 3.8) is 0 Å². The summed E-state index contributed by atoms with van der Waals surface area (Å²) in [6.45, 7) is 0. The molecule has 0 aliphatic carbocycles. The summed E-state index contributed by atoms with van der Waals surface area (Å²) < 4.78 is 88.1. The van der Waals surface area contributed by atoms with Gasteiger partial charge in [0.25, 0.3) is 10.1 Å². The van der Waals surface area contributed by atoms with Gasteiger partial charge in [-0.1, -0.05) is 0 Å². The average Bonchev–Trinajstić information content (AvgIpc) is 2.67. The smallest absolute Gasteiger partial charge is 0.262 e. The summed E-state index contributed by atoms with van der Waals surface area (Å²) in [7, 11) is -7.60. The van der Waals surface area contributed by atoms with Crippen molar-refractivity contribution >= 4 is 20.0 Å². The van der Waals surface area contributed by atoms with E-state index in [-0.39, 0.29) is 12.2 Å². The lowest BCUT2D eigenvalue weighted by atomic mass is 10.2. The van der Waals surface area contributed by atoms with E-state index in [0.29, 0.717) is 12.1 Å². The van der Waals surface area contributed by atoms with E-state index in [1.807, 2.05) is 0 Å². The fourth-order valence-electron chi connectivity index (χ4n) is 1.88. The van der Waals surface area contributed by atoms with Crippen molar-refractivity contribution in [3.8, 4) is 0 Å². The number of rotatable bonds is 3.